The molecule has 186 valence electrons. The molecule has 0 aromatic carbocycles. The normalized spacial score (nSPS) is 19.7. The number of ether oxygens (including phenoxy) is 2. The highest BCUT2D eigenvalue weighted by Crippen LogP contribution is 2.35. The van der Waals surface area contributed by atoms with E-state index >= 15 is 0 Å². The fraction of sp³-hybridized carbons (Fsp3) is 0.696. The molecule has 2 heterocycles. The monoisotopic (exact) mass is 473 g/mol. The van der Waals surface area contributed by atoms with Crippen LogP contribution in [-0.2, 0) is 15.7 Å². The Morgan fingerprint density at radius 2 is 1.88 bits per heavy atom. The van der Waals surface area contributed by atoms with Crippen molar-refractivity contribution in [2.24, 2.45) is 11.3 Å². The number of amides is 2. The zero-order valence-electron chi connectivity index (χ0n) is 20.1. The number of rotatable bonds is 6. The summed E-state index contributed by atoms with van der Waals surface area (Å²) in [6.07, 6.45) is -2.48. The summed E-state index contributed by atoms with van der Waals surface area (Å²) in [6, 6.07) is 1.91. The van der Waals surface area contributed by atoms with E-state index < -0.39 is 28.6 Å². The molecule has 1 fully saturated rings. The van der Waals surface area contributed by atoms with Gasteiger partial charge in [0.25, 0.3) is 0 Å². The van der Waals surface area contributed by atoms with Gasteiger partial charge in [-0.05, 0) is 65.5 Å². The largest absolute Gasteiger partial charge is 0.476 e. The van der Waals surface area contributed by atoms with Gasteiger partial charge < -0.3 is 19.7 Å². The van der Waals surface area contributed by atoms with E-state index in [1.165, 1.54) is 12.3 Å². The summed E-state index contributed by atoms with van der Waals surface area (Å²) in [5, 5.41) is 3.01. The van der Waals surface area contributed by atoms with Crippen LogP contribution in [0.4, 0.5) is 18.0 Å². The first-order valence-corrected chi connectivity index (χ1v) is 11.1. The molecule has 1 saturated heterocycles. The summed E-state index contributed by atoms with van der Waals surface area (Å²) in [5.74, 6) is -0.858. The molecule has 0 bridgehead atoms. The second kappa shape index (κ2) is 10.2. The standard InChI is InChI=1S/C23H34F3N3O4/c1-7-15-13-29(20(31)33-21(2,3)4)12-10-17(15)28-19(30)22(5,6)14-32-18-16(23(24,25)26)9-8-11-27-18/h8-9,11,15,17H,7,10,12-14H2,1-6H3,(H,28,30). The fourth-order valence-electron chi connectivity index (χ4n) is 3.53. The van der Waals surface area contributed by atoms with Gasteiger partial charge in [0, 0.05) is 25.3 Å². The molecule has 1 aromatic heterocycles. The molecular weight excluding hydrogens is 439 g/mol. The van der Waals surface area contributed by atoms with Crippen molar-refractivity contribution in [1.82, 2.24) is 15.2 Å². The topological polar surface area (TPSA) is 80.8 Å². The zero-order valence-corrected chi connectivity index (χ0v) is 20.1. The Morgan fingerprint density at radius 3 is 2.45 bits per heavy atom. The van der Waals surface area contributed by atoms with Crippen LogP contribution in [0.5, 0.6) is 5.88 Å². The summed E-state index contributed by atoms with van der Waals surface area (Å²) in [7, 11) is 0. The third kappa shape index (κ3) is 7.50. The van der Waals surface area contributed by atoms with Crippen LogP contribution in [-0.4, -0.2) is 53.2 Å². The SMILES string of the molecule is CCC1CN(C(=O)OC(C)(C)C)CCC1NC(=O)C(C)(C)COc1ncccc1C(F)(F)F. The summed E-state index contributed by atoms with van der Waals surface area (Å²) in [6.45, 7) is 11.2. The molecule has 7 nitrogen and oxygen atoms in total. The lowest BCUT2D eigenvalue weighted by Crippen LogP contribution is -2.55. The third-order valence-corrected chi connectivity index (χ3v) is 5.49. The molecule has 0 saturated carbocycles. The van der Waals surface area contributed by atoms with Gasteiger partial charge in [-0.15, -0.1) is 0 Å². The minimum atomic E-state index is -4.60. The highest BCUT2D eigenvalue weighted by atomic mass is 19.4. The molecule has 0 radical (unpaired) electrons. The molecule has 2 rings (SSSR count). The Hall–Kier alpha value is -2.52. The Labute approximate surface area is 193 Å². The maximum absolute atomic E-state index is 13.2. The number of carbonyl (C=O) groups excluding carboxylic acids is 2. The lowest BCUT2D eigenvalue weighted by molar-refractivity contribution is -0.139. The lowest BCUT2D eigenvalue weighted by Gasteiger charge is -2.40. The quantitative estimate of drug-likeness (QED) is 0.650. The highest BCUT2D eigenvalue weighted by molar-refractivity contribution is 5.82. The second-order valence-electron chi connectivity index (χ2n) is 9.99. The number of halogens is 3. The number of likely N-dealkylation sites (tertiary alicyclic amines) is 1. The van der Waals surface area contributed by atoms with Crippen molar-refractivity contribution in [3.05, 3.63) is 23.9 Å². The molecule has 2 atom stereocenters. The number of alkyl halides is 3. The number of hydrogen-bond acceptors (Lipinski definition) is 5. The van der Waals surface area contributed by atoms with Crippen LogP contribution in [0.15, 0.2) is 18.3 Å². The predicted molar refractivity (Wildman–Crippen MR) is 117 cm³/mol. The molecular formula is C23H34F3N3O4. The maximum atomic E-state index is 13.2. The van der Waals surface area contributed by atoms with Crippen LogP contribution in [0.25, 0.3) is 0 Å². The molecule has 1 aliphatic rings. The Morgan fingerprint density at radius 1 is 1.21 bits per heavy atom. The van der Waals surface area contributed by atoms with Crippen LogP contribution in [0.2, 0.25) is 0 Å². The molecule has 0 aliphatic carbocycles. The number of nitrogens with zero attached hydrogens (tertiary/aromatic N) is 2. The van der Waals surface area contributed by atoms with Gasteiger partial charge in [-0.3, -0.25) is 4.79 Å². The van der Waals surface area contributed by atoms with Crippen molar-refractivity contribution >= 4 is 12.0 Å². The van der Waals surface area contributed by atoms with Gasteiger partial charge in [-0.25, -0.2) is 9.78 Å². The van der Waals surface area contributed by atoms with Crippen molar-refractivity contribution in [1.29, 1.82) is 0 Å². The molecule has 33 heavy (non-hydrogen) atoms. The van der Waals surface area contributed by atoms with Crippen LogP contribution >= 0.6 is 0 Å². The highest BCUT2D eigenvalue weighted by Gasteiger charge is 2.38. The number of pyridine rings is 1. The fourth-order valence-corrected chi connectivity index (χ4v) is 3.53. The maximum Gasteiger partial charge on any atom is 0.421 e. The number of aromatic nitrogens is 1. The average molecular weight is 474 g/mol. The molecule has 1 aromatic rings. The third-order valence-electron chi connectivity index (χ3n) is 5.49. The van der Waals surface area contributed by atoms with Gasteiger partial charge in [0.15, 0.2) is 0 Å². The lowest BCUT2D eigenvalue weighted by atomic mass is 9.87. The van der Waals surface area contributed by atoms with E-state index in [4.69, 9.17) is 9.47 Å². The van der Waals surface area contributed by atoms with Crippen LogP contribution in [0, 0.1) is 11.3 Å². The molecule has 2 amide bonds. The van der Waals surface area contributed by atoms with Crippen LogP contribution in [0.3, 0.4) is 0 Å². The van der Waals surface area contributed by atoms with Crippen molar-refractivity contribution in [2.45, 2.75) is 72.2 Å². The van der Waals surface area contributed by atoms with E-state index in [0.29, 0.717) is 19.5 Å². The Bertz CT molecular complexity index is 837. The minimum absolute atomic E-state index is 0.0274. The molecule has 1 aliphatic heterocycles. The van der Waals surface area contributed by atoms with E-state index in [0.717, 1.165) is 12.5 Å². The Kier molecular flexibility index (Phi) is 8.24. The van der Waals surface area contributed by atoms with Gasteiger partial charge in [0.05, 0.1) is 5.41 Å². The van der Waals surface area contributed by atoms with E-state index in [1.807, 2.05) is 27.7 Å². The molecule has 10 heteroatoms. The minimum Gasteiger partial charge on any atom is -0.476 e. The number of hydrogen-bond donors (Lipinski definition) is 1. The smallest absolute Gasteiger partial charge is 0.421 e. The van der Waals surface area contributed by atoms with E-state index in [-0.39, 0.29) is 30.6 Å². The van der Waals surface area contributed by atoms with Gasteiger partial charge in [0.2, 0.25) is 11.8 Å². The van der Waals surface area contributed by atoms with Crippen LogP contribution < -0.4 is 10.1 Å². The average Bonchev–Trinajstić information content (AvgIpc) is 2.70. The van der Waals surface area contributed by atoms with Crippen molar-refractivity contribution in [2.75, 3.05) is 19.7 Å². The summed E-state index contributed by atoms with van der Waals surface area (Å²) < 4.78 is 50.3. The summed E-state index contributed by atoms with van der Waals surface area (Å²) >= 11 is 0. The predicted octanol–water partition coefficient (Wildman–Crippen LogP) is 4.66. The molecule has 0 spiro atoms. The van der Waals surface area contributed by atoms with Gasteiger partial charge in [-0.2, -0.15) is 13.2 Å². The van der Waals surface area contributed by atoms with Crippen molar-refractivity contribution < 1.29 is 32.2 Å². The van der Waals surface area contributed by atoms with E-state index in [9.17, 15) is 22.8 Å². The number of nitrogens with one attached hydrogen (secondary N) is 1. The van der Waals surface area contributed by atoms with Gasteiger partial charge in [-0.1, -0.05) is 6.92 Å². The number of carbonyl (C=O) groups is 2. The molecule has 2 unspecified atom stereocenters. The Balaban J connectivity index is 1.99. The molecule has 1 N–H and O–H groups in total. The summed E-state index contributed by atoms with van der Waals surface area (Å²) in [5.41, 5.74) is -2.67. The second-order valence-corrected chi connectivity index (χ2v) is 9.99. The van der Waals surface area contributed by atoms with Crippen LogP contribution in [0.1, 0.15) is 59.9 Å². The van der Waals surface area contributed by atoms with Gasteiger partial charge >= 0.3 is 12.3 Å². The van der Waals surface area contributed by atoms with Crippen molar-refractivity contribution in [3.63, 3.8) is 0 Å². The van der Waals surface area contributed by atoms with E-state index in [2.05, 4.69) is 10.3 Å². The number of piperidine rings is 1. The summed E-state index contributed by atoms with van der Waals surface area (Å²) in [4.78, 5) is 30.7. The van der Waals surface area contributed by atoms with Crippen molar-refractivity contribution in [3.8, 4) is 5.88 Å². The first-order valence-electron chi connectivity index (χ1n) is 11.1. The zero-order chi connectivity index (χ0) is 25.0. The van der Waals surface area contributed by atoms with E-state index in [1.54, 1.807) is 18.7 Å². The van der Waals surface area contributed by atoms with Gasteiger partial charge in [0.1, 0.15) is 17.8 Å². The first-order chi connectivity index (χ1) is 15.1. The first kappa shape index (κ1) is 26.7.